The predicted octanol–water partition coefficient (Wildman–Crippen LogP) is 2.11. The van der Waals surface area contributed by atoms with Gasteiger partial charge in [-0.3, -0.25) is 4.79 Å². The molecule has 0 aliphatic carbocycles. The second-order valence-corrected chi connectivity index (χ2v) is 5.10. The normalized spacial score (nSPS) is 14.2. The highest BCUT2D eigenvalue weighted by molar-refractivity contribution is 6.01. The predicted molar refractivity (Wildman–Crippen MR) is 83.4 cm³/mol. The van der Waals surface area contributed by atoms with Crippen LogP contribution in [0.25, 0.3) is 6.08 Å². The number of amides is 1. The first kappa shape index (κ1) is 15.3. The monoisotopic (exact) mass is 283 g/mol. The van der Waals surface area contributed by atoms with Crippen LogP contribution >= 0.6 is 0 Å². The van der Waals surface area contributed by atoms with Gasteiger partial charge < -0.3 is 10.2 Å². The molecule has 4 heteroatoms. The first-order chi connectivity index (χ1) is 10.2. The SMILES string of the molecule is CCN(CC)C(=O)C(C#N)=Cc1ccc2c(c1)CNCC2. The molecule has 0 unspecified atom stereocenters. The van der Waals surface area contributed by atoms with Gasteiger partial charge in [-0.2, -0.15) is 5.26 Å². The average molecular weight is 283 g/mol. The molecule has 0 saturated heterocycles. The standard InChI is InChI=1S/C17H21N3O/c1-3-20(4-2)17(21)15(11-18)9-13-5-6-14-7-8-19-12-16(14)10-13/h5-6,9-10,19H,3-4,7-8,12H2,1-2H3. The number of likely N-dealkylation sites (N-methyl/N-ethyl adjacent to an activating group) is 1. The number of nitriles is 1. The molecule has 0 radical (unpaired) electrons. The molecule has 0 aromatic heterocycles. The minimum absolute atomic E-state index is 0.196. The van der Waals surface area contributed by atoms with Gasteiger partial charge in [-0.1, -0.05) is 18.2 Å². The number of nitrogens with zero attached hydrogens (tertiary/aromatic N) is 2. The molecule has 0 fully saturated rings. The van der Waals surface area contributed by atoms with Gasteiger partial charge in [-0.15, -0.1) is 0 Å². The van der Waals surface area contributed by atoms with Crippen molar-refractivity contribution in [2.75, 3.05) is 19.6 Å². The molecule has 0 bridgehead atoms. The van der Waals surface area contributed by atoms with Crippen LogP contribution in [0.2, 0.25) is 0 Å². The third kappa shape index (κ3) is 3.50. The van der Waals surface area contributed by atoms with E-state index < -0.39 is 0 Å². The fraction of sp³-hybridized carbons (Fsp3) is 0.412. The van der Waals surface area contributed by atoms with E-state index in [9.17, 15) is 10.1 Å². The minimum atomic E-state index is -0.196. The van der Waals surface area contributed by atoms with Crippen LogP contribution in [0.15, 0.2) is 23.8 Å². The van der Waals surface area contributed by atoms with Crippen LogP contribution in [-0.2, 0) is 17.8 Å². The van der Waals surface area contributed by atoms with E-state index in [1.165, 1.54) is 11.1 Å². The summed E-state index contributed by atoms with van der Waals surface area (Å²) in [7, 11) is 0. The molecule has 1 aliphatic rings. The molecule has 0 spiro atoms. The lowest BCUT2D eigenvalue weighted by atomic mass is 9.97. The van der Waals surface area contributed by atoms with E-state index in [0.29, 0.717) is 13.1 Å². The molecule has 110 valence electrons. The molecule has 1 amide bonds. The summed E-state index contributed by atoms with van der Waals surface area (Å²) in [4.78, 5) is 13.9. The number of carbonyl (C=O) groups is 1. The molecule has 0 saturated carbocycles. The molecule has 0 atom stereocenters. The van der Waals surface area contributed by atoms with Gasteiger partial charge in [-0.05, 0) is 49.6 Å². The molecule has 1 aromatic carbocycles. The van der Waals surface area contributed by atoms with E-state index in [1.54, 1.807) is 11.0 Å². The topological polar surface area (TPSA) is 56.1 Å². The Balaban J connectivity index is 2.28. The van der Waals surface area contributed by atoms with Gasteiger partial charge in [0.1, 0.15) is 11.6 Å². The van der Waals surface area contributed by atoms with Crippen LogP contribution in [0.4, 0.5) is 0 Å². The van der Waals surface area contributed by atoms with Crippen molar-refractivity contribution in [1.29, 1.82) is 5.26 Å². The van der Waals surface area contributed by atoms with Crippen molar-refractivity contribution < 1.29 is 4.79 Å². The van der Waals surface area contributed by atoms with Crippen molar-refractivity contribution in [3.8, 4) is 6.07 Å². The van der Waals surface area contributed by atoms with Crippen molar-refractivity contribution in [2.45, 2.75) is 26.8 Å². The lowest BCUT2D eigenvalue weighted by Crippen LogP contribution is -2.31. The second-order valence-electron chi connectivity index (χ2n) is 5.10. The van der Waals surface area contributed by atoms with E-state index in [4.69, 9.17) is 0 Å². The van der Waals surface area contributed by atoms with Crippen molar-refractivity contribution in [1.82, 2.24) is 10.2 Å². The summed E-state index contributed by atoms with van der Waals surface area (Å²) >= 11 is 0. The second kappa shape index (κ2) is 7.05. The van der Waals surface area contributed by atoms with Crippen LogP contribution in [-0.4, -0.2) is 30.4 Å². The molecule has 1 aromatic rings. The van der Waals surface area contributed by atoms with Gasteiger partial charge in [0.15, 0.2) is 0 Å². The number of carbonyl (C=O) groups excluding carboxylic acids is 1. The smallest absolute Gasteiger partial charge is 0.264 e. The molecule has 1 aliphatic heterocycles. The number of benzene rings is 1. The number of hydrogen-bond donors (Lipinski definition) is 1. The fourth-order valence-electron chi connectivity index (χ4n) is 2.58. The summed E-state index contributed by atoms with van der Waals surface area (Å²) in [6, 6.07) is 8.18. The van der Waals surface area contributed by atoms with Crippen molar-refractivity contribution in [3.05, 3.63) is 40.5 Å². The van der Waals surface area contributed by atoms with E-state index in [2.05, 4.69) is 17.4 Å². The molecule has 2 rings (SSSR count). The number of hydrogen-bond acceptors (Lipinski definition) is 3. The molecule has 1 N–H and O–H groups in total. The summed E-state index contributed by atoms with van der Waals surface area (Å²) in [5.41, 5.74) is 3.71. The summed E-state index contributed by atoms with van der Waals surface area (Å²) in [6.45, 7) is 6.92. The van der Waals surface area contributed by atoms with Gasteiger partial charge in [0.25, 0.3) is 5.91 Å². The third-order valence-electron chi connectivity index (χ3n) is 3.83. The van der Waals surface area contributed by atoms with E-state index in [0.717, 1.165) is 25.1 Å². The molecular formula is C17H21N3O. The fourth-order valence-corrected chi connectivity index (χ4v) is 2.58. The van der Waals surface area contributed by atoms with E-state index in [-0.39, 0.29) is 11.5 Å². The lowest BCUT2D eigenvalue weighted by Gasteiger charge is -2.18. The molecule has 4 nitrogen and oxygen atoms in total. The zero-order valence-corrected chi connectivity index (χ0v) is 12.6. The number of fused-ring (bicyclic) bond motifs is 1. The maximum absolute atomic E-state index is 12.3. The average Bonchev–Trinajstić information content (AvgIpc) is 2.53. The lowest BCUT2D eigenvalue weighted by molar-refractivity contribution is -0.126. The number of rotatable bonds is 4. The van der Waals surface area contributed by atoms with Crippen molar-refractivity contribution in [3.63, 3.8) is 0 Å². The Morgan fingerprint density at radius 2 is 2.14 bits per heavy atom. The minimum Gasteiger partial charge on any atom is -0.339 e. The van der Waals surface area contributed by atoms with Gasteiger partial charge in [0, 0.05) is 19.6 Å². The number of nitrogens with one attached hydrogen (secondary N) is 1. The Labute approximate surface area is 126 Å². The molecule has 21 heavy (non-hydrogen) atoms. The third-order valence-corrected chi connectivity index (χ3v) is 3.83. The summed E-state index contributed by atoms with van der Waals surface area (Å²) in [5, 5.41) is 12.6. The van der Waals surface area contributed by atoms with Crippen LogP contribution in [0.1, 0.15) is 30.5 Å². The van der Waals surface area contributed by atoms with Gasteiger partial charge >= 0.3 is 0 Å². The Morgan fingerprint density at radius 1 is 1.38 bits per heavy atom. The van der Waals surface area contributed by atoms with Crippen LogP contribution in [0, 0.1) is 11.3 Å². The van der Waals surface area contributed by atoms with Crippen molar-refractivity contribution in [2.24, 2.45) is 0 Å². The van der Waals surface area contributed by atoms with Gasteiger partial charge in [0.05, 0.1) is 0 Å². The Bertz CT molecular complexity index is 595. The largest absolute Gasteiger partial charge is 0.339 e. The first-order valence-corrected chi connectivity index (χ1v) is 7.43. The zero-order chi connectivity index (χ0) is 15.2. The first-order valence-electron chi connectivity index (χ1n) is 7.43. The summed E-state index contributed by atoms with van der Waals surface area (Å²) in [5.74, 6) is -0.196. The van der Waals surface area contributed by atoms with E-state index in [1.807, 2.05) is 26.0 Å². The highest BCUT2D eigenvalue weighted by Crippen LogP contribution is 2.18. The highest BCUT2D eigenvalue weighted by atomic mass is 16.2. The maximum atomic E-state index is 12.3. The van der Waals surface area contributed by atoms with Gasteiger partial charge in [0.2, 0.25) is 0 Å². The van der Waals surface area contributed by atoms with Crippen LogP contribution in [0.3, 0.4) is 0 Å². The molecular weight excluding hydrogens is 262 g/mol. The Hall–Kier alpha value is -2.12. The maximum Gasteiger partial charge on any atom is 0.264 e. The highest BCUT2D eigenvalue weighted by Gasteiger charge is 2.15. The summed E-state index contributed by atoms with van der Waals surface area (Å²) in [6.07, 6.45) is 2.72. The van der Waals surface area contributed by atoms with Crippen LogP contribution in [0.5, 0.6) is 0 Å². The van der Waals surface area contributed by atoms with Crippen molar-refractivity contribution >= 4 is 12.0 Å². The van der Waals surface area contributed by atoms with E-state index >= 15 is 0 Å². The summed E-state index contributed by atoms with van der Waals surface area (Å²) < 4.78 is 0. The zero-order valence-electron chi connectivity index (χ0n) is 12.6. The Kier molecular flexibility index (Phi) is 5.13. The Morgan fingerprint density at radius 3 is 2.81 bits per heavy atom. The quantitative estimate of drug-likeness (QED) is 0.680. The van der Waals surface area contributed by atoms with Crippen LogP contribution < -0.4 is 5.32 Å². The van der Waals surface area contributed by atoms with Gasteiger partial charge in [-0.25, -0.2) is 0 Å². The molecule has 1 heterocycles.